The first kappa shape index (κ1) is 14.0. The smallest absolute Gasteiger partial charge is 0.0802 e. The zero-order valence-electron chi connectivity index (χ0n) is 10.3. The molecule has 4 heteroatoms. The Morgan fingerprint density at radius 2 is 1.88 bits per heavy atom. The van der Waals surface area contributed by atoms with Gasteiger partial charge in [-0.2, -0.15) is 0 Å². The lowest BCUT2D eigenvalue weighted by atomic mass is 10.1. The average Bonchev–Trinajstić information content (AvgIpc) is 2.35. The summed E-state index contributed by atoms with van der Waals surface area (Å²) in [5, 5.41) is 18.9. The Balaban J connectivity index is 2.43. The van der Waals surface area contributed by atoms with Crippen molar-refractivity contribution >= 4 is 5.69 Å². The standard InChI is InChI=1S/C13H22N2O2/c1-2-15(9-10-16)8-7-13(17)11-3-5-12(14)6-4-11/h3-6,13,16-17H,2,7-10,14H2,1H3. The summed E-state index contributed by atoms with van der Waals surface area (Å²) in [4.78, 5) is 2.11. The number of aliphatic hydroxyl groups is 2. The highest BCUT2D eigenvalue weighted by Gasteiger charge is 2.09. The van der Waals surface area contributed by atoms with Crippen LogP contribution in [0.5, 0.6) is 0 Å². The summed E-state index contributed by atoms with van der Waals surface area (Å²) < 4.78 is 0. The predicted octanol–water partition coefficient (Wildman–Crippen LogP) is 1.01. The van der Waals surface area contributed by atoms with Crippen molar-refractivity contribution < 1.29 is 10.2 Å². The van der Waals surface area contributed by atoms with Gasteiger partial charge in [0.1, 0.15) is 0 Å². The van der Waals surface area contributed by atoms with Crippen LogP contribution in [0.25, 0.3) is 0 Å². The van der Waals surface area contributed by atoms with Crippen LogP contribution in [0.4, 0.5) is 5.69 Å². The Morgan fingerprint density at radius 3 is 2.41 bits per heavy atom. The number of benzene rings is 1. The number of nitrogen functional groups attached to an aromatic ring is 1. The molecule has 0 bridgehead atoms. The SMILES string of the molecule is CCN(CCO)CCC(O)c1ccc(N)cc1. The van der Waals surface area contributed by atoms with E-state index in [2.05, 4.69) is 4.90 Å². The first-order valence-corrected chi connectivity index (χ1v) is 6.04. The fourth-order valence-electron chi connectivity index (χ4n) is 1.76. The van der Waals surface area contributed by atoms with Crippen molar-refractivity contribution in [2.45, 2.75) is 19.4 Å². The van der Waals surface area contributed by atoms with E-state index in [1.54, 1.807) is 12.1 Å². The second-order valence-electron chi connectivity index (χ2n) is 4.13. The third-order valence-electron chi connectivity index (χ3n) is 2.90. The van der Waals surface area contributed by atoms with E-state index in [4.69, 9.17) is 10.8 Å². The molecule has 0 saturated heterocycles. The van der Waals surface area contributed by atoms with Crippen molar-refractivity contribution in [2.75, 3.05) is 32.0 Å². The lowest BCUT2D eigenvalue weighted by molar-refractivity contribution is 0.133. The molecule has 0 fully saturated rings. The highest BCUT2D eigenvalue weighted by atomic mass is 16.3. The molecular weight excluding hydrogens is 216 g/mol. The van der Waals surface area contributed by atoms with Gasteiger partial charge in [-0.05, 0) is 30.7 Å². The van der Waals surface area contributed by atoms with Crippen LogP contribution in [0.15, 0.2) is 24.3 Å². The van der Waals surface area contributed by atoms with Gasteiger partial charge in [-0.3, -0.25) is 0 Å². The Bertz CT molecular complexity index is 314. The van der Waals surface area contributed by atoms with E-state index < -0.39 is 6.10 Å². The number of likely N-dealkylation sites (N-methyl/N-ethyl adjacent to an activating group) is 1. The molecule has 0 saturated carbocycles. The summed E-state index contributed by atoms with van der Waals surface area (Å²) in [5.41, 5.74) is 7.19. The zero-order valence-corrected chi connectivity index (χ0v) is 10.3. The van der Waals surface area contributed by atoms with Gasteiger partial charge < -0.3 is 20.8 Å². The minimum Gasteiger partial charge on any atom is -0.399 e. The second kappa shape index (κ2) is 7.27. The maximum atomic E-state index is 9.99. The highest BCUT2D eigenvalue weighted by Crippen LogP contribution is 2.18. The monoisotopic (exact) mass is 238 g/mol. The molecule has 0 spiro atoms. The first-order valence-electron chi connectivity index (χ1n) is 6.04. The molecule has 0 amide bonds. The van der Waals surface area contributed by atoms with Gasteiger partial charge in [-0.15, -0.1) is 0 Å². The minimum atomic E-state index is -0.469. The van der Waals surface area contributed by atoms with Crippen molar-refractivity contribution in [1.82, 2.24) is 4.90 Å². The van der Waals surface area contributed by atoms with Crippen LogP contribution in [0.2, 0.25) is 0 Å². The molecule has 1 aromatic rings. The number of nitrogens with two attached hydrogens (primary N) is 1. The minimum absolute atomic E-state index is 0.159. The largest absolute Gasteiger partial charge is 0.399 e. The first-order chi connectivity index (χ1) is 8.17. The van der Waals surface area contributed by atoms with Crippen LogP contribution in [0, 0.1) is 0 Å². The van der Waals surface area contributed by atoms with E-state index in [-0.39, 0.29) is 6.61 Å². The van der Waals surface area contributed by atoms with Gasteiger partial charge >= 0.3 is 0 Å². The van der Waals surface area contributed by atoms with E-state index in [1.165, 1.54) is 0 Å². The quantitative estimate of drug-likeness (QED) is 0.620. The van der Waals surface area contributed by atoms with E-state index in [0.717, 1.165) is 18.7 Å². The molecule has 4 N–H and O–H groups in total. The Labute approximate surface area is 103 Å². The van der Waals surface area contributed by atoms with Crippen molar-refractivity contribution in [3.05, 3.63) is 29.8 Å². The maximum Gasteiger partial charge on any atom is 0.0802 e. The molecule has 0 aliphatic carbocycles. The van der Waals surface area contributed by atoms with Crippen LogP contribution in [-0.4, -0.2) is 41.4 Å². The van der Waals surface area contributed by atoms with Crippen LogP contribution in [-0.2, 0) is 0 Å². The molecule has 0 aliphatic heterocycles. The Morgan fingerprint density at radius 1 is 1.24 bits per heavy atom. The number of aliphatic hydroxyl groups excluding tert-OH is 2. The molecule has 1 aromatic carbocycles. The van der Waals surface area contributed by atoms with Gasteiger partial charge in [0.2, 0.25) is 0 Å². The molecule has 96 valence electrons. The second-order valence-corrected chi connectivity index (χ2v) is 4.13. The van der Waals surface area contributed by atoms with E-state index >= 15 is 0 Å². The highest BCUT2D eigenvalue weighted by molar-refractivity contribution is 5.39. The van der Waals surface area contributed by atoms with Crippen molar-refractivity contribution in [1.29, 1.82) is 0 Å². The number of rotatable bonds is 7. The third kappa shape index (κ3) is 4.73. The average molecular weight is 238 g/mol. The van der Waals surface area contributed by atoms with Gasteiger partial charge in [0.15, 0.2) is 0 Å². The number of nitrogens with zero attached hydrogens (tertiary/aromatic N) is 1. The van der Waals surface area contributed by atoms with Crippen LogP contribution < -0.4 is 5.73 Å². The molecule has 1 atom stereocenters. The van der Waals surface area contributed by atoms with Crippen LogP contribution in [0.1, 0.15) is 25.0 Å². The summed E-state index contributed by atoms with van der Waals surface area (Å²) in [6, 6.07) is 7.29. The molecule has 4 nitrogen and oxygen atoms in total. The molecular formula is C13H22N2O2. The topological polar surface area (TPSA) is 69.7 Å². The molecule has 17 heavy (non-hydrogen) atoms. The summed E-state index contributed by atoms with van der Waals surface area (Å²) in [5.74, 6) is 0. The van der Waals surface area contributed by atoms with Gasteiger partial charge in [0.05, 0.1) is 12.7 Å². The van der Waals surface area contributed by atoms with Crippen molar-refractivity contribution in [2.24, 2.45) is 0 Å². The molecule has 1 unspecified atom stereocenters. The fourth-order valence-corrected chi connectivity index (χ4v) is 1.76. The van der Waals surface area contributed by atoms with E-state index in [9.17, 15) is 5.11 Å². The summed E-state index contributed by atoms with van der Waals surface area (Å²) in [6.07, 6.45) is 0.195. The van der Waals surface area contributed by atoms with Gasteiger partial charge in [0, 0.05) is 18.8 Å². The molecule has 0 aromatic heterocycles. The summed E-state index contributed by atoms with van der Waals surface area (Å²) >= 11 is 0. The van der Waals surface area contributed by atoms with Gasteiger partial charge in [-0.1, -0.05) is 19.1 Å². The van der Waals surface area contributed by atoms with Gasteiger partial charge in [-0.25, -0.2) is 0 Å². The summed E-state index contributed by atoms with van der Waals surface area (Å²) in [7, 11) is 0. The predicted molar refractivity (Wildman–Crippen MR) is 69.6 cm³/mol. The number of hydrogen-bond donors (Lipinski definition) is 3. The van der Waals surface area contributed by atoms with Crippen LogP contribution in [0.3, 0.4) is 0 Å². The Hall–Kier alpha value is -1.10. The van der Waals surface area contributed by atoms with E-state index in [1.807, 2.05) is 19.1 Å². The van der Waals surface area contributed by atoms with Gasteiger partial charge in [0.25, 0.3) is 0 Å². The summed E-state index contributed by atoms with van der Waals surface area (Å²) in [6.45, 7) is 4.53. The normalized spacial score (nSPS) is 12.9. The fraction of sp³-hybridized carbons (Fsp3) is 0.538. The zero-order chi connectivity index (χ0) is 12.7. The molecule has 0 aliphatic rings. The van der Waals surface area contributed by atoms with Crippen molar-refractivity contribution in [3.63, 3.8) is 0 Å². The third-order valence-corrected chi connectivity index (χ3v) is 2.90. The molecule has 0 heterocycles. The number of hydrogen-bond acceptors (Lipinski definition) is 4. The Kier molecular flexibility index (Phi) is 5.97. The maximum absolute atomic E-state index is 9.99. The molecule has 1 rings (SSSR count). The van der Waals surface area contributed by atoms with E-state index in [0.29, 0.717) is 18.7 Å². The lowest BCUT2D eigenvalue weighted by Gasteiger charge is -2.21. The number of anilines is 1. The lowest BCUT2D eigenvalue weighted by Crippen LogP contribution is -2.28. The molecule has 0 radical (unpaired) electrons. The van der Waals surface area contributed by atoms with Crippen LogP contribution >= 0.6 is 0 Å². The van der Waals surface area contributed by atoms with Crippen molar-refractivity contribution in [3.8, 4) is 0 Å².